The van der Waals surface area contributed by atoms with Crippen LogP contribution in [0, 0.1) is 0 Å². The van der Waals surface area contributed by atoms with Crippen LogP contribution in [0.3, 0.4) is 0 Å². The SMILES string of the molecule is CNC(=O)CCN1C(=O)N(Cc2ccc(OC)cc2)CC12CCC(c1ccccc1)(N(C)C)CC2. The average molecular weight is 479 g/mol. The summed E-state index contributed by atoms with van der Waals surface area (Å²) in [5.41, 5.74) is 2.10. The first-order valence-electron chi connectivity index (χ1n) is 12.5. The Morgan fingerprint density at radius 2 is 1.69 bits per heavy atom. The van der Waals surface area contributed by atoms with E-state index in [1.54, 1.807) is 14.2 Å². The van der Waals surface area contributed by atoms with Crippen LogP contribution in [0.15, 0.2) is 54.6 Å². The van der Waals surface area contributed by atoms with Crippen LogP contribution in [-0.2, 0) is 16.9 Å². The van der Waals surface area contributed by atoms with Crippen molar-refractivity contribution in [2.24, 2.45) is 0 Å². The summed E-state index contributed by atoms with van der Waals surface area (Å²) in [5.74, 6) is 0.766. The molecule has 0 bridgehead atoms. The highest BCUT2D eigenvalue weighted by molar-refractivity contribution is 5.80. The van der Waals surface area contributed by atoms with Crippen molar-refractivity contribution in [3.63, 3.8) is 0 Å². The van der Waals surface area contributed by atoms with Crippen LogP contribution in [0.5, 0.6) is 5.75 Å². The van der Waals surface area contributed by atoms with Gasteiger partial charge in [0.25, 0.3) is 0 Å². The Morgan fingerprint density at radius 3 is 2.26 bits per heavy atom. The molecule has 2 aromatic rings. The second-order valence-electron chi connectivity index (χ2n) is 10.1. The van der Waals surface area contributed by atoms with Gasteiger partial charge in [-0.1, -0.05) is 42.5 Å². The van der Waals surface area contributed by atoms with Gasteiger partial charge in [-0.05, 0) is 63.0 Å². The second kappa shape index (κ2) is 10.3. The van der Waals surface area contributed by atoms with E-state index in [4.69, 9.17) is 4.74 Å². The lowest BCUT2D eigenvalue weighted by Gasteiger charge is -2.51. The van der Waals surface area contributed by atoms with E-state index in [1.807, 2.05) is 34.1 Å². The minimum absolute atomic E-state index is 0.0294. The number of nitrogens with one attached hydrogen (secondary N) is 1. The standard InChI is InChI=1S/C28H38N4O3/c1-29-25(33)14-19-32-26(34)31(20-22-10-12-24(35-4)13-11-22)21-27(32)15-17-28(18-16-27,30(2)3)23-8-6-5-7-9-23/h5-13H,14-21H2,1-4H3,(H,29,33). The summed E-state index contributed by atoms with van der Waals surface area (Å²) in [7, 11) is 7.61. The minimum atomic E-state index is -0.258. The van der Waals surface area contributed by atoms with Gasteiger partial charge >= 0.3 is 6.03 Å². The topological polar surface area (TPSA) is 65.1 Å². The van der Waals surface area contributed by atoms with E-state index < -0.39 is 0 Å². The van der Waals surface area contributed by atoms with Gasteiger partial charge in [0.15, 0.2) is 0 Å². The molecular formula is C28H38N4O3. The maximum atomic E-state index is 13.7. The highest BCUT2D eigenvalue weighted by Gasteiger charge is 2.54. The van der Waals surface area contributed by atoms with Gasteiger partial charge in [-0.2, -0.15) is 0 Å². The van der Waals surface area contributed by atoms with Crippen LogP contribution in [-0.4, -0.2) is 73.5 Å². The molecule has 1 heterocycles. The van der Waals surface area contributed by atoms with Crippen molar-refractivity contribution in [3.05, 3.63) is 65.7 Å². The Kier molecular flexibility index (Phi) is 7.36. The van der Waals surface area contributed by atoms with E-state index in [1.165, 1.54) is 5.56 Å². The predicted molar refractivity (Wildman–Crippen MR) is 137 cm³/mol. The fourth-order valence-electron chi connectivity index (χ4n) is 5.93. The minimum Gasteiger partial charge on any atom is -0.497 e. The van der Waals surface area contributed by atoms with Crippen molar-refractivity contribution >= 4 is 11.9 Å². The molecule has 1 saturated carbocycles. The molecule has 0 atom stereocenters. The number of hydrogen-bond donors (Lipinski definition) is 1. The molecule has 1 saturated heterocycles. The van der Waals surface area contributed by atoms with Crippen LogP contribution in [0.1, 0.15) is 43.2 Å². The van der Waals surface area contributed by atoms with E-state index in [2.05, 4.69) is 54.6 Å². The summed E-state index contributed by atoms with van der Waals surface area (Å²) in [6, 6.07) is 18.6. The quantitative estimate of drug-likeness (QED) is 0.626. The summed E-state index contributed by atoms with van der Waals surface area (Å²) in [5, 5.41) is 2.70. The Bertz CT molecular complexity index is 1010. The summed E-state index contributed by atoms with van der Waals surface area (Å²) in [4.78, 5) is 32.0. The van der Waals surface area contributed by atoms with Crippen molar-refractivity contribution in [1.29, 1.82) is 0 Å². The number of hydrogen-bond acceptors (Lipinski definition) is 4. The van der Waals surface area contributed by atoms with Crippen LogP contribution in [0.4, 0.5) is 4.79 Å². The Balaban J connectivity index is 1.58. The van der Waals surface area contributed by atoms with Crippen molar-refractivity contribution < 1.29 is 14.3 Å². The maximum Gasteiger partial charge on any atom is 0.320 e. The monoisotopic (exact) mass is 478 g/mol. The van der Waals surface area contributed by atoms with Gasteiger partial charge in [0, 0.05) is 38.6 Å². The highest BCUT2D eigenvalue weighted by atomic mass is 16.5. The number of urea groups is 1. The van der Waals surface area contributed by atoms with Crippen LogP contribution in [0.25, 0.3) is 0 Å². The number of carbonyl (C=O) groups excluding carboxylic acids is 2. The fourth-order valence-corrected chi connectivity index (χ4v) is 5.93. The molecule has 0 unspecified atom stereocenters. The van der Waals surface area contributed by atoms with Gasteiger partial charge in [-0.25, -0.2) is 4.79 Å². The van der Waals surface area contributed by atoms with E-state index in [-0.39, 0.29) is 23.0 Å². The lowest BCUT2D eigenvalue weighted by Crippen LogP contribution is -2.55. The maximum absolute atomic E-state index is 13.7. The van der Waals surface area contributed by atoms with E-state index >= 15 is 0 Å². The van der Waals surface area contributed by atoms with Gasteiger partial charge in [0.1, 0.15) is 5.75 Å². The highest BCUT2D eigenvalue weighted by Crippen LogP contribution is 2.49. The number of carbonyl (C=O) groups is 2. The Hall–Kier alpha value is -3.06. The third-order valence-corrected chi connectivity index (χ3v) is 8.11. The van der Waals surface area contributed by atoms with E-state index in [9.17, 15) is 9.59 Å². The van der Waals surface area contributed by atoms with Crippen LogP contribution in [0.2, 0.25) is 0 Å². The van der Waals surface area contributed by atoms with Gasteiger partial charge in [0.05, 0.1) is 12.6 Å². The third kappa shape index (κ3) is 4.87. The largest absolute Gasteiger partial charge is 0.497 e. The summed E-state index contributed by atoms with van der Waals surface area (Å²) in [6.45, 7) is 1.68. The molecule has 1 N–H and O–H groups in total. The fraction of sp³-hybridized carbons (Fsp3) is 0.500. The van der Waals surface area contributed by atoms with Crippen molar-refractivity contribution in [2.75, 3.05) is 41.3 Å². The molecule has 1 spiro atoms. The predicted octanol–water partition coefficient (Wildman–Crippen LogP) is 3.84. The molecule has 2 aliphatic rings. The summed E-state index contributed by atoms with van der Waals surface area (Å²) < 4.78 is 5.28. The molecule has 2 fully saturated rings. The summed E-state index contributed by atoms with van der Waals surface area (Å²) in [6.07, 6.45) is 4.05. The van der Waals surface area contributed by atoms with Crippen molar-refractivity contribution in [3.8, 4) is 5.75 Å². The normalized spacial score (nSPS) is 24.3. The number of ether oxygens (including phenoxy) is 1. The molecule has 4 rings (SSSR count). The molecule has 0 radical (unpaired) electrons. The molecular weight excluding hydrogens is 440 g/mol. The zero-order chi connectivity index (χ0) is 25.1. The molecule has 2 aromatic carbocycles. The number of amides is 3. The first kappa shape index (κ1) is 25.0. The number of methoxy groups -OCH3 is 1. The molecule has 1 aliphatic carbocycles. The van der Waals surface area contributed by atoms with Crippen molar-refractivity contribution in [2.45, 2.75) is 49.7 Å². The lowest BCUT2D eigenvalue weighted by molar-refractivity contribution is -0.121. The van der Waals surface area contributed by atoms with Gasteiger partial charge in [-0.15, -0.1) is 0 Å². The zero-order valence-electron chi connectivity index (χ0n) is 21.4. The smallest absolute Gasteiger partial charge is 0.320 e. The average Bonchev–Trinajstić information content (AvgIpc) is 3.13. The first-order chi connectivity index (χ1) is 16.8. The molecule has 35 heavy (non-hydrogen) atoms. The molecule has 3 amide bonds. The third-order valence-electron chi connectivity index (χ3n) is 8.11. The number of nitrogens with zero attached hydrogens (tertiary/aromatic N) is 3. The first-order valence-corrected chi connectivity index (χ1v) is 12.5. The second-order valence-corrected chi connectivity index (χ2v) is 10.1. The Labute approximate surface area is 209 Å². The number of rotatable bonds is 8. The van der Waals surface area contributed by atoms with E-state index in [0.717, 1.165) is 37.0 Å². The summed E-state index contributed by atoms with van der Waals surface area (Å²) >= 11 is 0. The zero-order valence-corrected chi connectivity index (χ0v) is 21.4. The van der Waals surface area contributed by atoms with Gasteiger partial charge < -0.3 is 19.9 Å². The Morgan fingerprint density at radius 1 is 1.03 bits per heavy atom. The molecule has 7 heteroatoms. The van der Waals surface area contributed by atoms with Crippen LogP contribution >= 0.6 is 0 Å². The van der Waals surface area contributed by atoms with Crippen LogP contribution < -0.4 is 10.1 Å². The van der Waals surface area contributed by atoms with E-state index in [0.29, 0.717) is 26.1 Å². The number of benzene rings is 2. The molecule has 188 valence electrons. The molecule has 1 aliphatic heterocycles. The van der Waals surface area contributed by atoms with Crippen molar-refractivity contribution in [1.82, 2.24) is 20.0 Å². The molecule has 0 aromatic heterocycles. The molecule has 7 nitrogen and oxygen atoms in total. The van der Waals surface area contributed by atoms with Gasteiger partial charge in [-0.3, -0.25) is 9.69 Å². The van der Waals surface area contributed by atoms with Gasteiger partial charge in [0.2, 0.25) is 5.91 Å². The lowest BCUT2D eigenvalue weighted by atomic mass is 9.68.